The molecule has 0 saturated heterocycles. The summed E-state index contributed by atoms with van der Waals surface area (Å²) in [5.41, 5.74) is 2.44. The van der Waals surface area contributed by atoms with Gasteiger partial charge in [-0.25, -0.2) is 4.98 Å². The lowest BCUT2D eigenvalue weighted by molar-refractivity contribution is 0.512. The number of pyridine rings is 1. The van der Waals surface area contributed by atoms with E-state index in [1.54, 1.807) is 11.3 Å². The summed E-state index contributed by atoms with van der Waals surface area (Å²) in [6.07, 6.45) is 3.70. The molecule has 0 saturated carbocycles. The van der Waals surface area contributed by atoms with Crippen LogP contribution in [0.3, 0.4) is 0 Å². The molecule has 0 fully saturated rings. The van der Waals surface area contributed by atoms with Crippen molar-refractivity contribution in [3.8, 4) is 0 Å². The Morgan fingerprint density at radius 2 is 1.89 bits per heavy atom. The maximum atomic E-state index is 4.52. The largest absolute Gasteiger partial charge is 0.312 e. The Balaban J connectivity index is 2.32. The number of hydrogen-bond acceptors (Lipinski definition) is 4. The molecule has 0 amide bonds. The molecule has 0 radical (unpaired) electrons. The zero-order valence-electron chi connectivity index (χ0n) is 11.3. The Bertz CT molecular complexity index is 507. The van der Waals surface area contributed by atoms with Crippen LogP contribution >= 0.6 is 11.3 Å². The quantitative estimate of drug-likeness (QED) is 0.918. The fourth-order valence-corrected chi connectivity index (χ4v) is 3.45. The summed E-state index contributed by atoms with van der Waals surface area (Å²) >= 11 is 1.78. The molecule has 2 aromatic rings. The Morgan fingerprint density at radius 3 is 2.39 bits per heavy atom. The summed E-state index contributed by atoms with van der Waals surface area (Å²) in [7, 11) is 2.01. The van der Waals surface area contributed by atoms with Crippen molar-refractivity contribution in [3.63, 3.8) is 0 Å². The average Bonchev–Trinajstić information content (AvgIpc) is 2.70. The Hall–Kier alpha value is -1.26. The first-order valence-corrected chi connectivity index (χ1v) is 6.96. The molecule has 0 aliphatic rings. The first-order chi connectivity index (χ1) is 8.63. The number of likely N-dealkylation sites (N-methyl/N-ethyl adjacent to an activating group) is 1. The van der Waals surface area contributed by atoms with Crippen LogP contribution in [0.5, 0.6) is 0 Å². The zero-order chi connectivity index (χ0) is 13.1. The zero-order valence-corrected chi connectivity index (χ0v) is 12.1. The van der Waals surface area contributed by atoms with Gasteiger partial charge in [-0.2, -0.15) is 0 Å². The molecule has 2 atom stereocenters. The maximum absolute atomic E-state index is 4.52. The van der Waals surface area contributed by atoms with Crippen molar-refractivity contribution in [3.05, 3.63) is 45.7 Å². The lowest BCUT2D eigenvalue weighted by Crippen LogP contribution is -2.22. The number of rotatable bonds is 4. The first-order valence-electron chi connectivity index (χ1n) is 6.14. The summed E-state index contributed by atoms with van der Waals surface area (Å²) in [6.45, 7) is 6.39. The van der Waals surface area contributed by atoms with Crippen molar-refractivity contribution < 1.29 is 0 Å². The molecule has 2 rings (SSSR count). The Morgan fingerprint density at radius 1 is 1.22 bits per heavy atom. The highest BCUT2D eigenvalue weighted by Gasteiger charge is 2.23. The van der Waals surface area contributed by atoms with Crippen molar-refractivity contribution in [1.29, 1.82) is 0 Å². The van der Waals surface area contributed by atoms with E-state index < -0.39 is 0 Å². The normalized spacial score (nSPS) is 14.4. The third-order valence-electron chi connectivity index (χ3n) is 3.26. The molecule has 0 aromatic carbocycles. The number of aryl methyl sites for hydroxylation is 2. The second-order valence-corrected chi connectivity index (χ2v) is 5.75. The smallest absolute Gasteiger partial charge is 0.0900 e. The van der Waals surface area contributed by atoms with Crippen LogP contribution in [0, 0.1) is 13.8 Å². The van der Waals surface area contributed by atoms with Gasteiger partial charge in [0.25, 0.3) is 0 Å². The topological polar surface area (TPSA) is 37.8 Å². The molecule has 18 heavy (non-hydrogen) atoms. The summed E-state index contributed by atoms with van der Waals surface area (Å²) in [4.78, 5) is 9.93. The monoisotopic (exact) mass is 261 g/mol. The third-order valence-corrected chi connectivity index (χ3v) is 4.42. The highest BCUT2D eigenvalue weighted by Crippen LogP contribution is 2.34. The van der Waals surface area contributed by atoms with Crippen LogP contribution in [0.1, 0.15) is 40.0 Å². The van der Waals surface area contributed by atoms with E-state index in [1.165, 1.54) is 10.4 Å². The summed E-state index contributed by atoms with van der Waals surface area (Å²) < 4.78 is 0. The molecule has 2 aromatic heterocycles. The number of aromatic nitrogens is 2. The molecule has 0 bridgehead atoms. The van der Waals surface area contributed by atoms with Gasteiger partial charge in [-0.3, -0.25) is 4.98 Å². The van der Waals surface area contributed by atoms with Gasteiger partial charge < -0.3 is 5.32 Å². The van der Waals surface area contributed by atoms with E-state index >= 15 is 0 Å². The molecule has 96 valence electrons. The summed E-state index contributed by atoms with van der Waals surface area (Å²) in [5, 5.41) is 4.55. The lowest BCUT2D eigenvalue weighted by atomic mass is 9.92. The molecule has 4 heteroatoms. The molecular weight excluding hydrogens is 242 g/mol. The van der Waals surface area contributed by atoms with E-state index in [0.717, 1.165) is 10.7 Å². The van der Waals surface area contributed by atoms with Crippen LogP contribution in [0.2, 0.25) is 0 Å². The van der Waals surface area contributed by atoms with Gasteiger partial charge in [0.1, 0.15) is 0 Å². The van der Waals surface area contributed by atoms with E-state index in [-0.39, 0.29) is 0 Å². The highest BCUT2D eigenvalue weighted by atomic mass is 32.1. The predicted molar refractivity (Wildman–Crippen MR) is 76.0 cm³/mol. The minimum atomic E-state index is 0.304. The maximum Gasteiger partial charge on any atom is 0.0900 e. The fraction of sp³-hybridized carbons (Fsp3) is 0.429. The van der Waals surface area contributed by atoms with E-state index in [4.69, 9.17) is 0 Å². The van der Waals surface area contributed by atoms with Gasteiger partial charge >= 0.3 is 0 Å². The van der Waals surface area contributed by atoms with Crippen LogP contribution in [-0.4, -0.2) is 17.0 Å². The van der Waals surface area contributed by atoms with Gasteiger partial charge in [0.15, 0.2) is 0 Å². The summed E-state index contributed by atoms with van der Waals surface area (Å²) in [6, 6.07) is 4.47. The number of thiazole rings is 1. The molecular formula is C14H19N3S. The van der Waals surface area contributed by atoms with Gasteiger partial charge in [0, 0.05) is 29.2 Å². The van der Waals surface area contributed by atoms with Crippen molar-refractivity contribution in [2.75, 3.05) is 7.05 Å². The van der Waals surface area contributed by atoms with E-state index in [9.17, 15) is 0 Å². The van der Waals surface area contributed by atoms with Crippen LogP contribution < -0.4 is 5.32 Å². The summed E-state index contributed by atoms with van der Waals surface area (Å²) in [5.74, 6) is 0.400. The highest BCUT2D eigenvalue weighted by molar-refractivity contribution is 7.11. The van der Waals surface area contributed by atoms with Crippen molar-refractivity contribution in [2.24, 2.45) is 0 Å². The predicted octanol–water partition coefficient (Wildman–Crippen LogP) is 3.22. The van der Waals surface area contributed by atoms with Gasteiger partial charge in [-0.05, 0) is 38.6 Å². The number of hydrogen-bond donors (Lipinski definition) is 1. The fourth-order valence-electron chi connectivity index (χ4n) is 2.30. The lowest BCUT2D eigenvalue weighted by Gasteiger charge is -2.23. The van der Waals surface area contributed by atoms with Crippen molar-refractivity contribution in [2.45, 2.75) is 32.7 Å². The van der Waals surface area contributed by atoms with E-state index in [0.29, 0.717) is 12.0 Å². The molecule has 0 spiro atoms. The molecule has 3 nitrogen and oxygen atoms in total. The molecule has 2 heterocycles. The van der Waals surface area contributed by atoms with Crippen molar-refractivity contribution >= 4 is 11.3 Å². The van der Waals surface area contributed by atoms with Gasteiger partial charge in [0.2, 0.25) is 0 Å². The van der Waals surface area contributed by atoms with Crippen LogP contribution in [0.15, 0.2) is 24.5 Å². The van der Waals surface area contributed by atoms with E-state index in [1.807, 2.05) is 19.4 Å². The molecule has 0 aliphatic heterocycles. The van der Waals surface area contributed by atoms with Gasteiger partial charge in [0.05, 0.1) is 10.7 Å². The van der Waals surface area contributed by atoms with Crippen LogP contribution in [-0.2, 0) is 0 Å². The standard InChI is InChI=1S/C14H19N3S/c1-9(12-5-7-16-8-6-12)13(15-4)14-10(2)17-11(3)18-14/h5-9,13,15H,1-4H3. The second kappa shape index (κ2) is 5.59. The molecule has 0 aliphatic carbocycles. The van der Waals surface area contributed by atoms with E-state index in [2.05, 4.69) is 48.2 Å². The van der Waals surface area contributed by atoms with Crippen molar-refractivity contribution in [1.82, 2.24) is 15.3 Å². The average molecular weight is 261 g/mol. The van der Waals surface area contributed by atoms with Gasteiger partial charge in [-0.15, -0.1) is 11.3 Å². The minimum absolute atomic E-state index is 0.304. The minimum Gasteiger partial charge on any atom is -0.312 e. The van der Waals surface area contributed by atoms with Crippen LogP contribution in [0.25, 0.3) is 0 Å². The number of nitrogens with zero attached hydrogens (tertiary/aromatic N) is 2. The Labute approximate surface area is 112 Å². The Kier molecular flexibility index (Phi) is 4.09. The molecule has 1 N–H and O–H groups in total. The van der Waals surface area contributed by atoms with Crippen LogP contribution in [0.4, 0.5) is 0 Å². The van der Waals surface area contributed by atoms with Gasteiger partial charge in [-0.1, -0.05) is 6.92 Å². The second-order valence-electron chi connectivity index (χ2n) is 4.52. The molecule has 2 unspecified atom stereocenters. The SMILES string of the molecule is CNC(c1sc(C)nc1C)C(C)c1ccncc1. The third kappa shape index (κ3) is 2.60. The first kappa shape index (κ1) is 13.2. The number of nitrogens with one attached hydrogen (secondary N) is 1.